The summed E-state index contributed by atoms with van der Waals surface area (Å²) in [5, 5.41) is 5.55. The van der Waals surface area contributed by atoms with Gasteiger partial charge in [0.05, 0.1) is 14.2 Å². The fourth-order valence-corrected chi connectivity index (χ4v) is 2.39. The van der Waals surface area contributed by atoms with E-state index in [4.69, 9.17) is 9.47 Å². The third kappa shape index (κ3) is 4.29. The third-order valence-electron chi connectivity index (χ3n) is 3.72. The molecule has 0 aliphatic carbocycles. The van der Waals surface area contributed by atoms with Gasteiger partial charge in [-0.25, -0.2) is 0 Å². The maximum atomic E-state index is 12.5. The Bertz CT molecular complexity index is 770. The number of methoxy groups -OCH3 is 2. The first kappa shape index (κ1) is 18.3. The molecule has 0 aliphatic heterocycles. The Morgan fingerprint density at radius 3 is 2.12 bits per heavy atom. The van der Waals surface area contributed by atoms with Crippen LogP contribution >= 0.6 is 0 Å². The molecule has 2 rings (SSSR count). The molecule has 2 amide bonds. The maximum absolute atomic E-state index is 12.5. The van der Waals surface area contributed by atoms with E-state index >= 15 is 0 Å². The van der Waals surface area contributed by atoms with Gasteiger partial charge in [-0.1, -0.05) is 0 Å². The summed E-state index contributed by atoms with van der Waals surface area (Å²) in [6.45, 7) is 4.25. The highest BCUT2D eigenvalue weighted by Crippen LogP contribution is 2.30. The van der Waals surface area contributed by atoms with Gasteiger partial charge < -0.3 is 20.1 Å². The van der Waals surface area contributed by atoms with E-state index in [9.17, 15) is 9.59 Å². The molecular formula is C19H22N2O4. The zero-order chi connectivity index (χ0) is 18.4. The van der Waals surface area contributed by atoms with Gasteiger partial charge in [-0.05, 0) is 55.8 Å². The highest BCUT2D eigenvalue weighted by Gasteiger charge is 2.15. The Kier molecular flexibility index (Phi) is 6.00. The first-order chi connectivity index (χ1) is 12.0. The van der Waals surface area contributed by atoms with Gasteiger partial charge in [-0.2, -0.15) is 0 Å². The van der Waals surface area contributed by atoms with Gasteiger partial charge >= 0.3 is 0 Å². The second-order valence-corrected chi connectivity index (χ2v) is 5.41. The minimum absolute atomic E-state index is 0.142. The number of ether oxygens (including phenoxy) is 2. The van der Waals surface area contributed by atoms with Gasteiger partial charge in [0.25, 0.3) is 11.8 Å². The average molecular weight is 342 g/mol. The van der Waals surface area contributed by atoms with Crippen molar-refractivity contribution in [2.75, 3.05) is 26.1 Å². The lowest BCUT2D eigenvalue weighted by atomic mass is 10.1. The number of hydrogen-bond donors (Lipinski definition) is 2. The zero-order valence-corrected chi connectivity index (χ0v) is 14.8. The Balaban J connectivity index is 2.18. The molecule has 2 aromatic rings. The molecule has 6 nitrogen and oxygen atoms in total. The fraction of sp³-hybridized carbons (Fsp3) is 0.263. The summed E-state index contributed by atoms with van der Waals surface area (Å²) in [6, 6.07) is 10.1. The van der Waals surface area contributed by atoms with Crippen molar-refractivity contribution in [3.05, 3.63) is 53.1 Å². The molecule has 0 aliphatic rings. The minimum atomic E-state index is -0.260. The molecule has 0 saturated heterocycles. The number of hydrogen-bond acceptors (Lipinski definition) is 4. The Morgan fingerprint density at radius 1 is 0.960 bits per heavy atom. The lowest BCUT2D eigenvalue weighted by molar-refractivity contribution is 0.0955. The first-order valence-corrected chi connectivity index (χ1v) is 7.92. The van der Waals surface area contributed by atoms with Gasteiger partial charge in [-0.15, -0.1) is 0 Å². The molecule has 0 fully saturated rings. The molecule has 0 saturated carbocycles. The Hall–Kier alpha value is -3.02. The molecular weight excluding hydrogens is 320 g/mol. The van der Waals surface area contributed by atoms with Crippen LogP contribution in [0.25, 0.3) is 0 Å². The van der Waals surface area contributed by atoms with Crippen molar-refractivity contribution in [3.63, 3.8) is 0 Å². The molecule has 0 radical (unpaired) electrons. The summed E-state index contributed by atoms with van der Waals surface area (Å²) in [4.78, 5) is 24.3. The Morgan fingerprint density at radius 2 is 1.56 bits per heavy atom. The molecule has 132 valence electrons. The molecule has 0 atom stereocenters. The Labute approximate surface area is 147 Å². The quantitative estimate of drug-likeness (QED) is 0.846. The molecule has 0 bridgehead atoms. The summed E-state index contributed by atoms with van der Waals surface area (Å²) in [7, 11) is 3.07. The van der Waals surface area contributed by atoms with Crippen LogP contribution in [0.5, 0.6) is 11.5 Å². The fourth-order valence-electron chi connectivity index (χ4n) is 2.39. The molecule has 2 N–H and O–H groups in total. The standard InChI is InChI=1S/C19H22N2O4/c1-5-20-18(22)13-6-8-14(9-7-13)21-19(23)15-11-17(25-4)16(24-3)10-12(15)2/h6-11H,5H2,1-4H3,(H,20,22)(H,21,23). The van der Waals surface area contributed by atoms with E-state index in [2.05, 4.69) is 10.6 Å². The van der Waals surface area contributed by atoms with Gasteiger partial charge in [-0.3, -0.25) is 9.59 Å². The predicted molar refractivity (Wildman–Crippen MR) is 96.7 cm³/mol. The number of amides is 2. The topological polar surface area (TPSA) is 76.7 Å². The van der Waals surface area contributed by atoms with E-state index in [-0.39, 0.29) is 11.8 Å². The van der Waals surface area contributed by atoms with Gasteiger partial charge in [0.15, 0.2) is 11.5 Å². The van der Waals surface area contributed by atoms with E-state index in [0.29, 0.717) is 34.9 Å². The van der Waals surface area contributed by atoms with Crippen molar-refractivity contribution in [3.8, 4) is 11.5 Å². The molecule has 6 heteroatoms. The van der Waals surface area contributed by atoms with Gasteiger partial charge in [0, 0.05) is 23.4 Å². The normalized spacial score (nSPS) is 10.1. The van der Waals surface area contributed by atoms with Crippen LogP contribution in [0.2, 0.25) is 0 Å². The van der Waals surface area contributed by atoms with Crippen LogP contribution in [0.1, 0.15) is 33.2 Å². The van der Waals surface area contributed by atoms with Crippen molar-refractivity contribution >= 4 is 17.5 Å². The lowest BCUT2D eigenvalue weighted by Crippen LogP contribution is -2.22. The van der Waals surface area contributed by atoms with Crippen LogP contribution in [0.15, 0.2) is 36.4 Å². The van der Waals surface area contributed by atoms with E-state index in [0.717, 1.165) is 5.56 Å². The van der Waals surface area contributed by atoms with Crippen molar-refractivity contribution in [2.24, 2.45) is 0 Å². The highest BCUT2D eigenvalue weighted by molar-refractivity contribution is 6.06. The van der Waals surface area contributed by atoms with Crippen LogP contribution in [0.4, 0.5) is 5.69 Å². The molecule has 0 aromatic heterocycles. The van der Waals surface area contributed by atoms with E-state index in [1.165, 1.54) is 7.11 Å². The van der Waals surface area contributed by atoms with Crippen molar-refractivity contribution < 1.29 is 19.1 Å². The second kappa shape index (κ2) is 8.19. The first-order valence-electron chi connectivity index (χ1n) is 7.92. The molecule has 25 heavy (non-hydrogen) atoms. The summed E-state index contributed by atoms with van der Waals surface area (Å²) in [5.41, 5.74) is 2.41. The van der Waals surface area contributed by atoms with Crippen molar-refractivity contribution in [2.45, 2.75) is 13.8 Å². The molecule has 0 unspecified atom stereocenters. The number of anilines is 1. The van der Waals surface area contributed by atoms with Crippen molar-refractivity contribution in [1.82, 2.24) is 5.32 Å². The molecule has 2 aromatic carbocycles. The van der Waals surface area contributed by atoms with Crippen LogP contribution in [0.3, 0.4) is 0 Å². The number of benzene rings is 2. The zero-order valence-electron chi connectivity index (χ0n) is 14.8. The number of aryl methyl sites for hydroxylation is 1. The minimum Gasteiger partial charge on any atom is -0.493 e. The highest BCUT2D eigenvalue weighted by atomic mass is 16.5. The number of carbonyl (C=O) groups excluding carboxylic acids is 2. The van der Waals surface area contributed by atoms with E-state index in [1.807, 2.05) is 13.8 Å². The predicted octanol–water partition coefficient (Wildman–Crippen LogP) is 3.01. The van der Waals surface area contributed by atoms with Crippen LogP contribution < -0.4 is 20.1 Å². The summed E-state index contributed by atoms with van der Waals surface area (Å²) >= 11 is 0. The number of rotatable bonds is 6. The smallest absolute Gasteiger partial charge is 0.256 e. The van der Waals surface area contributed by atoms with Gasteiger partial charge in [0.2, 0.25) is 0 Å². The van der Waals surface area contributed by atoms with E-state index < -0.39 is 0 Å². The second-order valence-electron chi connectivity index (χ2n) is 5.41. The molecule has 0 spiro atoms. The van der Waals surface area contributed by atoms with Crippen LogP contribution in [-0.4, -0.2) is 32.6 Å². The SMILES string of the molecule is CCNC(=O)c1ccc(NC(=O)c2cc(OC)c(OC)cc2C)cc1. The molecule has 0 heterocycles. The number of nitrogens with one attached hydrogen (secondary N) is 2. The van der Waals surface area contributed by atoms with Gasteiger partial charge in [0.1, 0.15) is 0 Å². The number of carbonyl (C=O) groups is 2. The third-order valence-corrected chi connectivity index (χ3v) is 3.72. The maximum Gasteiger partial charge on any atom is 0.256 e. The van der Waals surface area contributed by atoms with Crippen LogP contribution in [-0.2, 0) is 0 Å². The summed E-state index contributed by atoms with van der Waals surface area (Å²) in [6.07, 6.45) is 0. The average Bonchev–Trinajstić information content (AvgIpc) is 2.62. The van der Waals surface area contributed by atoms with E-state index in [1.54, 1.807) is 43.5 Å². The monoisotopic (exact) mass is 342 g/mol. The summed E-state index contributed by atoms with van der Waals surface area (Å²) in [5.74, 6) is 0.660. The van der Waals surface area contributed by atoms with Crippen molar-refractivity contribution in [1.29, 1.82) is 0 Å². The largest absolute Gasteiger partial charge is 0.493 e. The van der Waals surface area contributed by atoms with Crippen LogP contribution in [0, 0.1) is 6.92 Å². The summed E-state index contributed by atoms with van der Waals surface area (Å²) < 4.78 is 10.5. The lowest BCUT2D eigenvalue weighted by Gasteiger charge is -2.13.